The maximum Gasteiger partial charge on any atom is 0.121 e. The van der Waals surface area contributed by atoms with E-state index >= 15 is 0 Å². The van der Waals surface area contributed by atoms with Crippen molar-refractivity contribution in [1.29, 1.82) is 0 Å². The van der Waals surface area contributed by atoms with Gasteiger partial charge in [-0.1, -0.05) is 0 Å². The van der Waals surface area contributed by atoms with Gasteiger partial charge in [-0.2, -0.15) is 0 Å². The zero-order valence-electron chi connectivity index (χ0n) is 10.2. The third-order valence-corrected chi connectivity index (χ3v) is 2.98. The first kappa shape index (κ1) is 12.0. The van der Waals surface area contributed by atoms with Gasteiger partial charge in [0.1, 0.15) is 11.6 Å². The number of methoxy groups -OCH3 is 1. The standard InChI is InChI=1S/C13H15ClN2O/c1-8-6-10(4-5-11(8)17-3)13-9(2)15-12(7-14)16-13/h4-6H,7H2,1-3H3,(H,15,16). The number of aromatic amines is 1. The highest BCUT2D eigenvalue weighted by Crippen LogP contribution is 2.27. The minimum Gasteiger partial charge on any atom is -0.496 e. The summed E-state index contributed by atoms with van der Waals surface area (Å²) in [6.07, 6.45) is 0. The molecule has 90 valence electrons. The number of H-pyrrole nitrogens is 1. The molecule has 0 spiro atoms. The lowest BCUT2D eigenvalue weighted by Gasteiger charge is -2.06. The Hall–Kier alpha value is -1.48. The van der Waals surface area contributed by atoms with Crippen molar-refractivity contribution < 1.29 is 4.74 Å². The molecular formula is C13H15ClN2O. The SMILES string of the molecule is COc1ccc(-c2nc(CCl)[nH]c2C)cc1C. The molecule has 1 aromatic heterocycles. The van der Waals surface area contributed by atoms with Crippen molar-refractivity contribution in [3.63, 3.8) is 0 Å². The normalized spacial score (nSPS) is 10.6. The fourth-order valence-corrected chi connectivity index (χ4v) is 2.02. The quantitative estimate of drug-likeness (QED) is 0.848. The number of hydrogen-bond acceptors (Lipinski definition) is 2. The van der Waals surface area contributed by atoms with Crippen LogP contribution in [0.5, 0.6) is 5.75 Å². The van der Waals surface area contributed by atoms with Crippen LogP contribution in [0, 0.1) is 13.8 Å². The summed E-state index contributed by atoms with van der Waals surface area (Å²) >= 11 is 5.76. The van der Waals surface area contributed by atoms with Gasteiger partial charge in [0.15, 0.2) is 0 Å². The summed E-state index contributed by atoms with van der Waals surface area (Å²) in [6, 6.07) is 6.03. The highest BCUT2D eigenvalue weighted by Gasteiger charge is 2.09. The highest BCUT2D eigenvalue weighted by molar-refractivity contribution is 6.16. The Morgan fingerprint density at radius 3 is 2.65 bits per heavy atom. The van der Waals surface area contributed by atoms with Crippen molar-refractivity contribution in [2.75, 3.05) is 7.11 Å². The summed E-state index contributed by atoms with van der Waals surface area (Å²) in [5.41, 5.74) is 4.16. The van der Waals surface area contributed by atoms with E-state index in [0.29, 0.717) is 5.88 Å². The molecule has 0 aliphatic heterocycles. The maximum atomic E-state index is 5.76. The molecule has 3 nitrogen and oxygen atoms in total. The molecule has 0 amide bonds. The Kier molecular flexibility index (Phi) is 3.38. The molecule has 0 aliphatic rings. The molecule has 17 heavy (non-hydrogen) atoms. The maximum absolute atomic E-state index is 5.76. The van der Waals surface area contributed by atoms with Gasteiger partial charge in [-0.05, 0) is 37.6 Å². The van der Waals surface area contributed by atoms with Crippen LogP contribution in [0.2, 0.25) is 0 Å². The van der Waals surface area contributed by atoms with Crippen LogP contribution < -0.4 is 4.74 Å². The lowest BCUT2D eigenvalue weighted by Crippen LogP contribution is -1.88. The van der Waals surface area contributed by atoms with Crippen molar-refractivity contribution in [1.82, 2.24) is 9.97 Å². The van der Waals surface area contributed by atoms with Crippen LogP contribution >= 0.6 is 11.6 Å². The number of hydrogen-bond donors (Lipinski definition) is 1. The van der Waals surface area contributed by atoms with E-state index in [9.17, 15) is 0 Å². The molecule has 4 heteroatoms. The fourth-order valence-electron chi connectivity index (χ4n) is 1.89. The summed E-state index contributed by atoms with van der Waals surface area (Å²) < 4.78 is 5.24. The first-order valence-corrected chi connectivity index (χ1v) is 5.95. The molecule has 1 aromatic carbocycles. The molecule has 2 aromatic rings. The van der Waals surface area contributed by atoms with Crippen LogP contribution in [0.15, 0.2) is 18.2 Å². The van der Waals surface area contributed by atoms with E-state index in [-0.39, 0.29) is 0 Å². The number of nitrogens with zero attached hydrogens (tertiary/aromatic N) is 1. The van der Waals surface area contributed by atoms with E-state index in [4.69, 9.17) is 16.3 Å². The molecule has 0 bridgehead atoms. The predicted molar refractivity (Wildman–Crippen MR) is 69.6 cm³/mol. The van der Waals surface area contributed by atoms with Gasteiger partial charge in [-0.25, -0.2) is 4.98 Å². The van der Waals surface area contributed by atoms with Crippen molar-refractivity contribution in [3.05, 3.63) is 35.3 Å². The third kappa shape index (κ3) is 2.29. The lowest BCUT2D eigenvalue weighted by molar-refractivity contribution is 0.412. The lowest BCUT2D eigenvalue weighted by atomic mass is 10.1. The molecular weight excluding hydrogens is 236 g/mol. The minimum absolute atomic E-state index is 0.399. The van der Waals surface area contributed by atoms with Gasteiger partial charge in [0, 0.05) is 11.3 Å². The van der Waals surface area contributed by atoms with Gasteiger partial charge in [-0.3, -0.25) is 0 Å². The first-order chi connectivity index (χ1) is 8.15. The number of nitrogens with one attached hydrogen (secondary N) is 1. The number of benzene rings is 1. The summed E-state index contributed by atoms with van der Waals surface area (Å²) in [4.78, 5) is 7.63. The highest BCUT2D eigenvalue weighted by atomic mass is 35.5. The van der Waals surface area contributed by atoms with E-state index < -0.39 is 0 Å². The monoisotopic (exact) mass is 250 g/mol. The minimum atomic E-state index is 0.399. The second-order valence-corrected chi connectivity index (χ2v) is 4.24. The molecule has 1 N–H and O–H groups in total. The van der Waals surface area contributed by atoms with E-state index in [1.807, 2.05) is 26.0 Å². The molecule has 0 unspecified atom stereocenters. The van der Waals surface area contributed by atoms with Crippen LogP contribution in [-0.2, 0) is 5.88 Å². The number of halogens is 1. The Morgan fingerprint density at radius 1 is 1.35 bits per heavy atom. The average Bonchev–Trinajstić information content (AvgIpc) is 2.70. The van der Waals surface area contributed by atoms with Crippen molar-refractivity contribution in [2.24, 2.45) is 0 Å². The molecule has 0 saturated carbocycles. The van der Waals surface area contributed by atoms with Gasteiger partial charge < -0.3 is 9.72 Å². The molecule has 0 radical (unpaired) electrons. The van der Waals surface area contributed by atoms with Crippen LogP contribution in [-0.4, -0.2) is 17.1 Å². The van der Waals surface area contributed by atoms with Crippen LogP contribution in [0.4, 0.5) is 0 Å². The number of rotatable bonds is 3. The van der Waals surface area contributed by atoms with E-state index in [0.717, 1.165) is 34.1 Å². The van der Waals surface area contributed by atoms with Gasteiger partial charge in [0.25, 0.3) is 0 Å². The van der Waals surface area contributed by atoms with E-state index in [1.54, 1.807) is 7.11 Å². The number of alkyl halides is 1. The number of aromatic nitrogens is 2. The third-order valence-electron chi connectivity index (χ3n) is 2.73. The van der Waals surface area contributed by atoms with Gasteiger partial charge in [0.2, 0.25) is 0 Å². The number of aryl methyl sites for hydroxylation is 2. The smallest absolute Gasteiger partial charge is 0.121 e. The van der Waals surface area contributed by atoms with Crippen LogP contribution in [0.3, 0.4) is 0 Å². The summed E-state index contributed by atoms with van der Waals surface area (Å²) in [5, 5.41) is 0. The van der Waals surface area contributed by atoms with Crippen molar-refractivity contribution in [3.8, 4) is 17.0 Å². The second-order valence-electron chi connectivity index (χ2n) is 3.98. The van der Waals surface area contributed by atoms with Crippen LogP contribution in [0.25, 0.3) is 11.3 Å². The Morgan fingerprint density at radius 2 is 2.12 bits per heavy atom. The van der Waals surface area contributed by atoms with Crippen molar-refractivity contribution in [2.45, 2.75) is 19.7 Å². The molecule has 1 heterocycles. The van der Waals surface area contributed by atoms with Crippen LogP contribution in [0.1, 0.15) is 17.1 Å². The zero-order chi connectivity index (χ0) is 12.4. The Balaban J connectivity index is 2.45. The van der Waals surface area contributed by atoms with E-state index in [1.165, 1.54) is 0 Å². The second kappa shape index (κ2) is 4.80. The molecule has 0 fully saturated rings. The summed E-state index contributed by atoms with van der Waals surface area (Å²) in [6.45, 7) is 4.02. The van der Waals surface area contributed by atoms with Crippen molar-refractivity contribution >= 4 is 11.6 Å². The largest absolute Gasteiger partial charge is 0.496 e. The van der Waals surface area contributed by atoms with Gasteiger partial charge >= 0.3 is 0 Å². The number of ether oxygens (including phenoxy) is 1. The van der Waals surface area contributed by atoms with Gasteiger partial charge in [-0.15, -0.1) is 11.6 Å². The molecule has 2 rings (SSSR count). The average molecular weight is 251 g/mol. The topological polar surface area (TPSA) is 37.9 Å². The van der Waals surface area contributed by atoms with Gasteiger partial charge in [0.05, 0.1) is 18.7 Å². The van der Waals surface area contributed by atoms with E-state index in [2.05, 4.69) is 16.0 Å². The number of imidazole rings is 1. The fraction of sp³-hybridized carbons (Fsp3) is 0.308. The summed E-state index contributed by atoms with van der Waals surface area (Å²) in [5.74, 6) is 2.09. The predicted octanol–water partition coefficient (Wildman–Crippen LogP) is 3.44. The molecule has 0 atom stereocenters. The summed E-state index contributed by atoms with van der Waals surface area (Å²) in [7, 11) is 1.67. The zero-order valence-corrected chi connectivity index (χ0v) is 10.9. The Bertz CT molecular complexity index is 534. The molecule has 0 saturated heterocycles. The molecule has 0 aliphatic carbocycles. The Labute approximate surface area is 106 Å². The first-order valence-electron chi connectivity index (χ1n) is 5.42.